The number of ether oxygens (including phenoxy) is 2. The smallest absolute Gasteiger partial charge is 0.258 e. The molecule has 0 radical (unpaired) electrons. The molecule has 2 atom stereocenters. The summed E-state index contributed by atoms with van der Waals surface area (Å²) in [6, 6.07) is 8.79. The molecule has 1 aromatic carbocycles. The van der Waals surface area contributed by atoms with Crippen LogP contribution in [0, 0.1) is 0 Å². The summed E-state index contributed by atoms with van der Waals surface area (Å²) in [4.78, 5) is 18.7. The van der Waals surface area contributed by atoms with Crippen molar-refractivity contribution in [2.45, 2.75) is 32.6 Å². The lowest BCUT2D eigenvalue weighted by atomic mass is 10.2. The van der Waals surface area contributed by atoms with Gasteiger partial charge in [-0.2, -0.15) is 0 Å². The summed E-state index contributed by atoms with van der Waals surface area (Å²) in [5.74, 6) is 1.04. The van der Waals surface area contributed by atoms with Crippen LogP contribution in [0.15, 0.2) is 36.5 Å². The van der Waals surface area contributed by atoms with Crippen LogP contribution in [0.25, 0.3) is 0 Å². The summed E-state index contributed by atoms with van der Waals surface area (Å²) in [5.41, 5.74) is 0.909. The topological polar surface area (TPSA) is 63.7 Å². The Morgan fingerprint density at radius 2 is 2.00 bits per heavy atom. The Morgan fingerprint density at radius 1 is 1.25 bits per heavy atom. The van der Waals surface area contributed by atoms with Crippen LogP contribution in [-0.4, -0.2) is 42.8 Å². The molecule has 150 valence electrons. The molecule has 0 aliphatic carbocycles. The van der Waals surface area contributed by atoms with Crippen molar-refractivity contribution < 1.29 is 14.3 Å². The predicted octanol–water partition coefficient (Wildman–Crippen LogP) is 3.70. The fourth-order valence-electron chi connectivity index (χ4n) is 3.06. The molecule has 2 unspecified atom stereocenters. The van der Waals surface area contributed by atoms with E-state index < -0.39 is 0 Å². The molecule has 1 aromatic heterocycles. The van der Waals surface area contributed by atoms with Crippen molar-refractivity contribution >= 4 is 34.9 Å². The van der Waals surface area contributed by atoms with E-state index in [-0.39, 0.29) is 24.7 Å². The van der Waals surface area contributed by atoms with Gasteiger partial charge in [0.2, 0.25) is 0 Å². The number of carbonyl (C=O) groups excluding carboxylic acids is 1. The molecule has 0 saturated carbocycles. The third-order valence-corrected chi connectivity index (χ3v) is 4.84. The lowest BCUT2D eigenvalue weighted by Gasteiger charge is -2.36. The van der Waals surface area contributed by atoms with Crippen molar-refractivity contribution in [3.63, 3.8) is 0 Å². The Bertz CT molecular complexity index is 807. The molecule has 1 N–H and O–H groups in total. The first-order valence-electron chi connectivity index (χ1n) is 9.10. The molecular weight excluding hydrogens is 401 g/mol. The summed E-state index contributed by atoms with van der Waals surface area (Å²) < 4.78 is 11.2. The minimum atomic E-state index is -0.254. The van der Waals surface area contributed by atoms with Crippen LogP contribution in [-0.2, 0) is 16.1 Å². The first-order chi connectivity index (χ1) is 13.4. The summed E-state index contributed by atoms with van der Waals surface area (Å²) in [6.07, 6.45) is 2.13. The normalized spacial score (nSPS) is 19.4. The quantitative estimate of drug-likeness (QED) is 0.767. The van der Waals surface area contributed by atoms with Crippen LogP contribution in [0.2, 0.25) is 10.0 Å². The van der Waals surface area contributed by atoms with Crippen LogP contribution < -0.4 is 15.0 Å². The maximum atomic E-state index is 12.0. The van der Waals surface area contributed by atoms with E-state index in [2.05, 4.69) is 29.0 Å². The van der Waals surface area contributed by atoms with E-state index in [1.165, 1.54) is 0 Å². The van der Waals surface area contributed by atoms with E-state index in [9.17, 15) is 4.79 Å². The zero-order valence-electron chi connectivity index (χ0n) is 15.8. The second kappa shape index (κ2) is 9.45. The van der Waals surface area contributed by atoms with Gasteiger partial charge in [-0.1, -0.05) is 29.3 Å². The molecule has 0 spiro atoms. The zero-order valence-corrected chi connectivity index (χ0v) is 17.3. The highest BCUT2D eigenvalue weighted by molar-refractivity contribution is 6.34. The Hall–Kier alpha value is -2.02. The number of halogens is 2. The van der Waals surface area contributed by atoms with Crippen LogP contribution in [0.4, 0.5) is 5.82 Å². The van der Waals surface area contributed by atoms with Crippen LogP contribution in [0.1, 0.15) is 19.4 Å². The van der Waals surface area contributed by atoms with Crippen LogP contribution >= 0.6 is 23.2 Å². The minimum Gasteiger partial charge on any atom is -0.482 e. The molecule has 2 aromatic rings. The third kappa shape index (κ3) is 5.74. The van der Waals surface area contributed by atoms with E-state index in [4.69, 9.17) is 32.7 Å². The zero-order chi connectivity index (χ0) is 20.1. The predicted molar refractivity (Wildman–Crippen MR) is 110 cm³/mol. The van der Waals surface area contributed by atoms with Crippen LogP contribution in [0.3, 0.4) is 0 Å². The van der Waals surface area contributed by atoms with Crippen molar-refractivity contribution in [3.8, 4) is 5.75 Å². The van der Waals surface area contributed by atoms with E-state index in [0.29, 0.717) is 22.3 Å². The second-order valence-corrected chi connectivity index (χ2v) is 7.67. The summed E-state index contributed by atoms with van der Waals surface area (Å²) in [6.45, 7) is 5.98. The lowest BCUT2D eigenvalue weighted by Crippen LogP contribution is -2.45. The van der Waals surface area contributed by atoms with E-state index in [1.54, 1.807) is 24.4 Å². The standard InChI is InChI=1S/C20H23Cl2N3O3/c1-13-10-25(11-14(2)28-13)19-6-3-15(8-23-19)9-24-20(26)12-27-18-7-16(21)4-5-17(18)22/h3-8,13-14H,9-12H2,1-2H3,(H,24,26). The number of nitrogens with zero attached hydrogens (tertiary/aromatic N) is 2. The number of benzene rings is 1. The maximum Gasteiger partial charge on any atom is 0.258 e. The van der Waals surface area contributed by atoms with E-state index in [1.807, 2.05) is 12.1 Å². The molecule has 1 aliphatic rings. The molecule has 8 heteroatoms. The monoisotopic (exact) mass is 423 g/mol. The Balaban J connectivity index is 1.48. The van der Waals surface area contributed by atoms with Gasteiger partial charge in [0.05, 0.1) is 17.2 Å². The number of hydrogen-bond acceptors (Lipinski definition) is 5. The average Bonchev–Trinajstić information content (AvgIpc) is 2.66. The number of pyridine rings is 1. The molecule has 3 rings (SSSR count). The van der Waals surface area contributed by atoms with Gasteiger partial charge in [-0.3, -0.25) is 4.79 Å². The number of carbonyl (C=O) groups is 1. The van der Waals surface area contributed by atoms with E-state index >= 15 is 0 Å². The highest BCUT2D eigenvalue weighted by Gasteiger charge is 2.22. The molecule has 2 heterocycles. The number of morpholine rings is 1. The number of hydrogen-bond donors (Lipinski definition) is 1. The minimum absolute atomic E-state index is 0.144. The van der Waals surface area contributed by atoms with Crippen LogP contribution in [0.5, 0.6) is 5.75 Å². The van der Waals surface area contributed by atoms with Gasteiger partial charge in [0.15, 0.2) is 6.61 Å². The fraction of sp³-hybridized carbons (Fsp3) is 0.400. The number of nitrogens with one attached hydrogen (secondary N) is 1. The SMILES string of the molecule is CC1CN(c2ccc(CNC(=O)COc3cc(Cl)ccc3Cl)cn2)CC(C)O1. The van der Waals surface area contributed by atoms with Gasteiger partial charge in [-0.05, 0) is 37.6 Å². The van der Waals surface area contributed by atoms with Gasteiger partial charge in [0.25, 0.3) is 5.91 Å². The first kappa shape index (κ1) is 20.7. The fourth-order valence-corrected chi connectivity index (χ4v) is 3.39. The summed E-state index contributed by atoms with van der Waals surface area (Å²) in [7, 11) is 0. The first-order valence-corrected chi connectivity index (χ1v) is 9.86. The Morgan fingerprint density at radius 3 is 2.68 bits per heavy atom. The average molecular weight is 424 g/mol. The third-order valence-electron chi connectivity index (χ3n) is 4.29. The molecule has 1 amide bonds. The molecule has 28 heavy (non-hydrogen) atoms. The Labute approximate surface area is 174 Å². The molecule has 6 nitrogen and oxygen atoms in total. The lowest BCUT2D eigenvalue weighted by molar-refractivity contribution is -0.123. The highest BCUT2D eigenvalue weighted by atomic mass is 35.5. The number of amides is 1. The molecular formula is C20H23Cl2N3O3. The van der Waals surface area contributed by atoms with Gasteiger partial charge in [-0.25, -0.2) is 4.98 Å². The summed E-state index contributed by atoms with van der Waals surface area (Å²) >= 11 is 11.9. The van der Waals surface area contributed by atoms with Gasteiger partial charge in [-0.15, -0.1) is 0 Å². The van der Waals surface area contributed by atoms with Crippen molar-refractivity contribution in [2.24, 2.45) is 0 Å². The van der Waals surface area contributed by atoms with E-state index in [0.717, 1.165) is 24.5 Å². The van der Waals surface area contributed by atoms with Crippen molar-refractivity contribution in [1.82, 2.24) is 10.3 Å². The summed E-state index contributed by atoms with van der Waals surface area (Å²) in [5, 5.41) is 3.70. The molecule has 1 aliphatic heterocycles. The number of anilines is 1. The van der Waals surface area contributed by atoms with Crippen molar-refractivity contribution in [3.05, 3.63) is 52.1 Å². The van der Waals surface area contributed by atoms with Gasteiger partial charge >= 0.3 is 0 Å². The molecule has 1 saturated heterocycles. The Kier molecular flexibility index (Phi) is 6.99. The van der Waals surface area contributed by atoms with Crippen molar-refractivity contribution in [2.75, 3.05) is 24.6 Å². The maximum absolute atomic E-state index is 12.0. The van der Waals surface area contributed by atoms with Crippen molar-refractivity contribution in [1.29, 1.82) is 0 Å². The largest absolute Gasteiger partial charge is 0.482 e. The number of aromatic nitrogens is 1. The highest BCUT2D eigenvalue weighted by Crippen LogP contribution is 2.27. The van der Waals surface area contributed by atoms with Gasteiger partial charge < -0.3 is 19.7 Å². The van der Waals surface area contributed by atoms with Gasteiger partial charge in [0, 0.05) is 36.9 Å². The number of rotatable bonds is 6. The second-order valence-electron chi connectivity index (χ2n) is 6.83. The molecule has 0 bridgehead atoms. The van der Waals surface area contributed by atoms with Gasteiger partial charge in [0.1, 0.15) is 11.6 Å². The molecule has 1 fully saturated rings.